The average molecular weight is 465 g/mol. The van der Waals surface area contributed by atoms with Crippen LogP contribution in [-0.4, -0.2) is 30.8 Å². The molecule has 1 aromatic carbocycles. The minimum absolute atomic E-state index is 0.215. The van der Waals surface area contributed by atoms with Gasteiger partial charge in [-0.1, -0.05) is 0 Å². The van der Waals surface area contributed by atoms with Gasteiger partial charge in [0, 0.05) is 21.5 Å². The molecule has 0 atom stereocenters. The van der Waals surface area contributed by atoms with E-state index in [1.807, 2.05) is 28.8 Å². The molecule has 5 nitrogen and oxygen atoms in total. The lowest BCUT2D eigenvalue weighted by Gasteiger charge is -2.09. The van der Waals surface area contributed by atoms with Crippen LogP contribution in [0.2, 0.25) is 0 Å². The summed E-state index contributed by atoms with van der Waals surface area (Å²) in [5.74, 6) is 0.245. The molecule has 3 heterocycles. The fraction of sp³-hybridized carbons (Fsp3) is 0.167. The van der Waals surface area contributed by atoms with E-state index in [9.17, 15) is 8.78 Å². The number of benzene rings is 1. The van der Waals surface area contributed by atoms with Crippen LogP contribution in [0.1, 0.15) is 5.56 Å². The first-order chi connectivity index (χ1) is 12.7. The largest absolute Gasteiger partial charge is 0.321 e. The van der Waals surface area contributed by atoms with Gasteiger partial charge in [0.2, 0.25) is 5.95 Å². The van der Waals surface area contributed by atoms with Gasteiger partial charge in [-0.3, -0.25) is 4.98 Å². The summed E-state index contributed by atoms with van der Waals surface area (Å²) in [5.41, 5.74) is 3.27. The van der Waals surface area contributed by atoms with Gasteiger partial charge in [0.1, 0.15) is 12.5 Å². The number of pyridine rings is 1. The number of halogens is 3. The zero-order valence-corrected chi connectivity index (χ0v) is 15.8. The topological polar surface area (TPSA) is 48.5 Å². The Balaban J connectivity index is 1.78. The predicted octanol–water partition coefficient (Wildman–Crippen LogP) is 4.06. The number of hydrogen-bond acceptors (Lipinski definition) is 3. The van der Waals surface area contributed by atoms with Crippen molar-refractivity contribution in [2.24, 2.45) is 0 Å². The highest BCUT2D eigenvalue weighted by Gasteiger charge is 2.14. The SMILES string of the molecule is FCCn1c(-c2cncc(Cn3cncc3F)c2)nc2ccc(I)cc21. The van der Waals surface area contributed by atoms with E-state index in [-0.39, 0.29) is 6.54 Å². The number of aryl methyl sites for hydroxylation is 1. The van der Waals surface area contributed by atoms with Gasteiger partial charge in [-0.15, -0.1) is 0 Å². The Morgan fingerprint density at radius 3 is 2.73 bits per heavy atom. The molecule has 0 fully saturated rings. The zero-order valence-electron chi connectivity index (χ0n) is 13.6. The van der Waals surface area contributed by atoms with Crippen molar-refractivity contribution in [1.82, 2.24) is 24.1 Å². The normalized spacial score (nSPS) is 11.3. The molecule has 0 radical (unpaired) electrons. The van der Waals surface area contributed by atoms with Crippen molar-refractivity contribution in [2.45, 2.75) is 13.1 Å². The van der Waals surface area contributed by atoms with E-state index in [0.717, 1.165) is 25.7 Å². The molecule has 0 aliphatic carbocycles. The lowest BCUT2D eigenvalue weighted by molar-refractivity contribution is 0.451. The summed E-state index contributed by atoms with van der Waals surface area (Å²) in [7, 11) is 0. The monoisotopic (exact) mass is 465 g/mol. The highest BCUT2D eigenvalue weighted by atomic mass is 127. The van der Waals surface area contributed by atoms with Crippen molar-refractivity contribution in [1.29, 1.82) is 0 Å². The van der Waals surface area contributed by atoms with Crippen LogP contribution < -0.4 is 0 Å². The van der Waals surface area contributed by atoms with Gasteiger partial charge in [0.05, 0.1) is 36.6 Å². The Bertz CT molecular complexity index is 1070. The maximum absolute atomic E-state index is 13.6. The Hall–Kier alpha value is -2.36. The number of aromatic nitrogens is 5. The molecule has 0 aliphatic heterocycles. The van der Waals surface area contributed by atoms with Crippen molar-refractivity contribution >= 4 is 33.6 Å². The van der Waals surface area contributed by atoms with Gasteiger partial charge in [-0.05, 0) is 52.4 Å². The van der Waals surface area contributed by atoms with Crippen molar-refractivity contribution in [3.8, 4) is 11.4 Å². The van der Waals surface area contributed by atoms with Crippen LogP contribution in [-0.2, 0) is 13.1 Å². The number of imidazole rings is 2. The van der Waals surface area contributed by atoms with E-state index in [1.165, 1.54) is 17.1 Å². The second kappa shape index (κ2) is 7.10. The molecule has 0 spiro atoms. The van der Waals surface area contributed by atoms with Crippen LogP contribution in [0.5, 0.6) is 0 Å². The fourth-order valence-electron chi connectivity index (χ4n) is 2.94. The van der Waals surface area contributed by atoms with Crippen molar-refractivity contribution in [3.05, 3.63) is 64.3 Å². The van der Waals surface area contributed by atoms with E-state index < -0.39 is 12.6 Å². The first-order valence-corrected chi connectivity index (χ1v) is 9.05. The molecule has 0 saturated carbocycles. The van der Waals surface area contributed by atoms with Gasteiger partial charge in [-0.25, -0.2) is 14.4 Å². The Morgan fingerprint density at radius 2 is 1.96 bits per heavy atom. The Labute approximate surface area is 161 Å². The molecule has 0 aliphatic rings. The van der Waals surface area contributed by atoms with Gasteiger partial charge in [0.15, 0.2) is 0 Å². The summed E-state index contributed by atoms with van der Waals surface area (Å²) in [6.45, 7) is 0.0392. The molecular formula is C18H14F2IN5. The van der Waals surface area contributed by atoms with Gasteiger partial charge < -0.3 is 9.13 Å². The van der Waals surface area contributed by atoms with Crippen molar-refractivity contribution in [3.63, 3.8) is 0 Å². The van der Waals surface area contributed by atoms with Crippen LogP contribution in [0.25, 0.3) is 22.4 Å². The van der Waals surface area contributed by atoms with E-state index >= 15 is 0 Å². The molecule has 8 heteroatoms. The lowest BCUT2D eigenvalue weighted by atomic mass is 10.2. The zero-order chi connectivity index (χ0) is 18.1. The second-order valence-electron chi connectivity index (χ2n) is 5.84. The lowest BCUT2D eigenvalue weighted by Crippen LogP contribution is -2.04. The summed E-state index contributed by atoms with van der Waals surface area (Å²) < 4.78 is 31.1. The summed E-state index contributed by atoms with van der Waals surface area (Å²) in [6, 6.07) is 7.77. The Kier molecular flexibility index (Phi) is 4.66. The van der Waals surface area contributed by atoms with E-state index in [2.05, 4.69) is 37.5 Å². The molecule has 0 unspecified atom stereocenters. The predicted molar refractivity (Wildman–Crippen MR) is 103 cm³/mol. The molecule has 26 heavy (non-hydrogen) atoms. The number of fused-ring (bicyclic) bond motifs is 1. The van der Waals surface area contributed by atoms with Crippen LogP contribution in [0.15, 0.2) is 49.2 Å². The molecule has 132 valence electrons. The molecule has 0 saturated heterocycles. The fourth-order valence-corrected chi connectivity index (χ4v) is 3.42. The maximum Gasteiger partial charge on any atom is 0.213 e. The van der Waals surface area contributed by atoms with Crippen LogP contribution >= 0.6 is 22.6 Å². The summed E-state index contributed by atoms with van der Waals surface area (Å²) >= 11 is 2.23. The van der Waals surface area contributed by atoms with Gasteiger partial charge in [0.25, 0.3) is 0 Å². The quantitative estimate of drug-likeness (QED) is 0.418. The maximum atomic E-state index is 13.6. The molecule has 4 rings (SSSR count). The van der Waals surface area contributed by atoms with Gasteiger partial charge in [-0.2, -0.15) is 4.39 Å². The van der Waals surface area contributed by atoms with Gasteiger partial charge >= 0.3 is 0 Å². The smallest absolute Gasteiger partial charge is 0.213 e. The number of hydrogen-bond donors (Lipinski definition) is 0. The molecule has 0 bridgehead atoms. The summed E-state index contributed by atoms with van der Waals surface area (Å²) in [4.78, 5) is 12.7. The summed E-state index contributed by atoms with van der Waals surface area (Å²) in [6.07, 6.45) is 5.96. The van der Waals surface area contributed by atoms with Crippen LogP contribution in [0.3, 0.4) is 0 Å². The summed E-state index contributed by atoms with van der Waals surface area (Å²) in [5, 5.41) is 0. The third-order valence-electron chi connectivity index (χ3n) is 4.09. The Morgan fingerprint density at radius 1 is 1.08 bits per heavy atom. The second-order valence-corrected chi connectivity index (χ2v) is 7.08. The minimum Gasteiger partial charge on any atom is -0.321 e. The third kappa shape index (κ3) is 3.20. The minimum atomic E-state index is -0.489. The molecule has 0 N–H and O–H groups in total. The van der Waals surface area contributed by atoms with Crippen molar-refractivity contribution in [2.75, 3.05) is 6.67 Å². The highest BCUT2D eigenvalue weighted by molar-refractivity contribution is 14.1. The first kappa shape index (κ1) is 17.1. The first-order valence-electron chi connectivity index (χ1n) is 7.97. The number of alkyl halides is 1. The van der Waals surface area contributed by atoms with E-state index in [0.29, 0.717) is 12.4 Å². The van der Waals surface area contributed by atoms with Crippen molar-refractivity contribution < 1.29 is 8.78 Å². The molecule has 3 aromatic heterocycles. The third-order valence-corrected chi connectivity index (χ3v) is 4.76. The highest BCUT2D eigenvalue weighted by Crippen LogP contribution is 2.26. The standard InChI is InChI=1S/C18H14F2IN5/c19-3-4-26-16-6-14(21)1-2-15(16)24-18(26)13-5-12(7-22-8-13)10-25-11-23-9-17(25)20/h1-2,5-9,11H,3-4,10H2. The molecular weight excluding hydrogens is 451 g/mol. The molecule has 0 amide bonds. The molecule has 4 aromatic rings. The number of rotatable bonds is 5. The average Bonchev–Trinajstić information content (AvgIpc) is 3.20. The van der Waals surface area contributed by atoms with Crippen LogP contribution in [0, 0.1) is 9.52 Å². The van der Waals surface area contributed by atoms with Crippen LogP contribution in [0.4, 0.5) is 8.78 Å². The van der Waals surface area contributed by atoms with E-state index in [4.69, 9.17) is 0 Å². The number of nitrogens with zero attached hydrogens (tertiary/aromatic N) is 5. The van der Waals surface area contributed by atoms with E-state index in [1.54, 1.807) is 12.4 Å².